The highest BCUT2D eigenvalue weighted by atomic mass is 32.2. The van der Waals surface area contributed by atoms with Gasteiger partial charge in [-0.25, -0.2) is 8.42 Å². The molecule has 1 heterocycles. The molecule has 0 aliphatic carbocycles. The molecule has 6 heteroatoms. The smallest absolute Gasteiger partial charge is 0.223 e. The minimum Gasteiger partial charge on any atom is -0.346 e. The number of rotatable bonds is 5. The van der Waals surface area contributed by atoms with Crippen molar-refractivity contribution in [3.8, 4) is 0 Å². The van der Waals surface area contributed by atoms with Gasteiger partial charge in [-0.15, -0.1) is 0 Å². The molecule has 0 aromatic carbocycles. The van der Waals surface area contributed by atoms with Crippen molar-refractivity contribution in [2.75, 3.05) is 31.6 Å². The van der Waals surface area contributed by atoms with Crippen LogP contribution < -0.4 is 5.32 Å². The summed E-state index contributed by atoms with van der Waals surface area (Å²) < 4.78 is 22.9. The maximum atomic E-state index is 11.9. The number of hydrogen-bond acceptors (Lipinski definition) is 4. The van der Waals surface area contributed by atoms with Crippen molar-refractivity contribution >= 4 is 15.7 Å². The second-order valence-electron chi connectivity index (χ2n) is 5.47. The molecule has 1 fully saturated rings. The molecule has 1 unspecified atom stereocenters. The quantitative estimate of drug-likeness (QED) is 0.782. The Morgan fingerprint density at radius 3 is 2.67 bits per heavy atom. The van der Waals surface area contributed by atoms with E-state index in [0.717, 1.165) is 13.0 Å². The SMILES string of the molecule is CC(C)CCN(C)C(=O)CC1CS(=O)(=O)CCN1. The van der Waals surface area contributed by atoms with Crippen LogP contribution in [0.25, 0.3) is 0 Å². The number of amides is 1. The Balaban J connectivity index is 2.39. The molecule has 5 nitrogen and oxygen atoms in total. The van der Waals surface area contributed by atoms with Crippen molar-refractivity contribution in [3.63, 3.8) is 0 Å². The number of carbonyl (C=O) groups is 1. The van der Waals surface area contributed by atoms with E-state index in [0.29, 0.717) is 12.5 Å². The lowest BCUT2D eigenvalue weighted by molar-refractivity contribution is -0.130. The van der Waals surface area contributed by atoms with Gasteiger partial charge in [0.25, 0.3) is 0 Å². The first-order valence-electron chi connectivity index (χ1n) is 6.48. The Labute approximate surface area is 110 Å². The summed E-state index contributed by atoms with van der Waals surface area (Å²) in [5, 5.41) is 3.10. The molecule has 0 radical (unpaired) electrons. The highest BCUT2D eigenvalue weighted by Gasteiger charge is 2.26. The van der Waals surface area contributed by atoms with Gasteiger partial charge in [0.2, 0.25) is 5.91 Å². The lowest BCUT2D eigenvalue weighted by Crippen LogP contribution is -2.47. The number of nitrogens with one attached hydrogen (secondary N) is 1. The van der Waals surface area contributed by atoms with Gasteiger partial charge in [0.05, 0.1) is 11.5 Å². The molecule has 1 saturated heterocycles. The fraction of sp³-hybridized carbons (Fsp3) is 0.917. The van der Waals surface area contributed by atoms with E-state index in [2.05, 4.69) is 19.2 Å². The second kappa shape index (κ2) is 6.52. The van der Waals surface area contributed by atoms with E-state index in [-0.39, 0.29) is 29.9 Å². The maximum Gasteiger partial charge on any atom is 0.223 e. The normalized spacial score (nSPS) is 23.0. The van der Waals surface area contributed by atoms with E-state index in [1.165, 1.54) is 0 Å². The summed E-state index contributed by atoms with van der Waals surface area (Å²) in [5.41, 5.74) is 0. The summed E-state index contributed by atoms with van der Waals surface area (Å²) in [5.74, 6) is 0.844. The van der Waals surface area contributed by atoms with E-state index in [4.69, 9.17) is 0 Å². The van der Waals surface area contributed by atoms with E-state index in [9.17, 15) is 13.2 Å². The molecule has 1 rings (SSSR count). The Hall–Kier alpha value is -0.620. The zero-order chi connectivity index (χ0) is 13.8. The Morgan fingerprint density at radius 1 is 1.44 bits per heavy atom. The van der Waals surface area contributed by atoms with Gasteiger partial charge in [-0.3, -0.25) is 4.79 Å². The third kappa shape index (κ3) is 5.35. The standard InChI is InChI=1S/C12H24N2O3S/c1-10(2)4-6-14(3)12(15)8-11-9-18(16,17)7-5-13-11/h10-11,13H,4-9H2,1-3H3. The Morgan fingerprint density at radius 2 is 2.11 bits per heavy atom. The van der Waals surface area contributed by atoms with Crippen molar-refractivity contribution in [2.45, 2.75) is 32.7 Å². The molecule has 1 aliphatic rings. The van der Waals surface area contributed by atoms with Gasteiger partial charge in [0, 0.05) is 32.6 Å². The summed E-state index contributed by atoms with van der Waals surface area (Å²) in [6.45, 7) is 5.42. The molecule has 1 amide bonds. The average molecular weight is 276 g/mol. The first-order chi connectivity index (χ1) is 8.30. The molecule has 18 heavy (non-hydrogen) atoms. The number of sulfone groups is 1. The fourth-order valence-electron chi connectivity index (χ4n) is 1.94. The Kier molecular flexibility index (Phi) is 5.59. The second-order valence-corrected chi connectivity index (χ2v) is 7.70. The third-order valence-electron chi connectivity index (χ3n) is 3.19. The minimum atomic E-state index is -2.96. The van der Waals surface area contributed by atoms with Crippen molar-refractivity contribution < 1.29 is 13.2 Å². The molecule has 0 spiro atoms. The number of carbonyl (C=O) groups excluding carboxylic acids is 1. The topological polar surface area (TPSA) is 66.5 Å². The van der Waals surface area contributed by atoms with Crippen LogP contribution in [0.2, 0.25) is 0 Å². The van der Waals surface area contributed by atoms with Crippen LogP contribution >= 0.6 is 0 Å². The van der Waals surface area contributed by atoms with Crippen LogP contribution in [0.15, 0.2) is 0 Å². The predicted molar refractivity (Wildman–Crippen MR) is 72.2 cm³/mol. The van der Waals surface area contributed by atoms with Gasteiger partial charge >= 0.3 is 0 Å². The summed E-state index contributed by atoms with van der Waals surface area (Å²) in [4.78, 5) is 13.6. The van der Waals surface area contributed by atoms with Crippen molar-refractivity contribution in [3.05, 3.63) is 0 Å². The van der Waals surface area contributed by atoms with Crippen molar-refractivity contribution in [1.82, 2.24) is 10.2 Å². The summed E-state index contributed by atoms with van der Waals surface area (Å²) >= 11 is 0. The summed E-state index contributed by atoms with van der Waals surface area (Å²) in [6, 6.07) is -0.224. The average Bonchev–Trinajstić information content (AvgIpc) is 2.24. The van der Waals surface area contributed by atoms with E-state index < -0.39 is 9.84 Å². The fourth-order valence-corrected chi connectivity index (χ4v) is 3.39. The van der Waals surface area contributed by atoms with E-state index in [1.807, 2.05) is 0 Å². The third-order valence-corrected chi connectivity index (χ3v) is 4.93. The Bertz CT molecular complexity index is 379. The van der Waals surface area contributed by atoms with Crippen molar-refractivity contribution in [1.29, 1.82) is 0 Å². The molecule has 0 bridgehead atoms. The van der Waals surface area contributed by atoms with E-state index in [1.54, 1.807) is 11.9 Å². The van der Waals surface area contributed by atoms with Crippen LogP contribution in [0, 0.1) is 5.92 Å². The van der Waals surface area contributed by atoms with Crippen LogP contribution in [0.1, 0.15) is 26.7 Å². The molecule has 0 saturated carbocycles. The predicted octanol–water partition coefficient (Wildman–Crippen LogP) is 0.268. The molecule has 0 aromatic heterocycles. The largest absolute Gasteiger partial charge is 0.346 e. The molecular formula is C12H24N2O3S. The summed E-state index contributed by atoms with van der Waals surface area (Å²) in [7, 11) is -1.18. The molecule has 0 aromatic rings. The highest BCUT2D eigenvalue weighted by molar-refractivity contribution is 7.91. The highest BCUT2D eigenvalue weighted by Crippen LogP contribution is 2.08. The van der Waals surface area contributed by atoms with Gasteiger partial charge in [-0.05, 0) is 12.3 Å². The zero-order valence-corrected chi connectivity index (χ0v) is 12.3. The first-order valence-corrected chi connectivity index (χ1v) is 8.30. The van der Waals surface area contributed by atoms with Gasteiger partial charge in [-0.1, -0.05) is 13.8 Å². The monoisotopic (exact) mass is 276 g/mol. The minimum absolute atomic E-state index is 0.0188. The van der Waals surface area contributed by atoms with Gasteiger partial charge < -0.3 is 10.2 Å². The van der Waals surface area contributed by atoms with Crippen LogP contribution in [0.5, 0.6) is 0 Å². The molecule has 1 N–H and O–H groups in total. The van der Waals surface area contributed by atoms with Gasteiger partial charge in [0.15, 0.2) is 9.84 Å². The molecule has 106 valence electrons. The number of nitrogens with zero attached hydrogens (tertiary/aromatic N) is 1. The number of hydrogen-bond donors (Lipinski definition) is 1. The molecule has 1 aliphatic heterocycles. The first kappa shape index (κ1) is 15.4. The van der Waals surface area contributed by atoms with Gasteiger partial charge in [0.1, 0.15) is 0 Å². The van der Waals surface area contributed by atoms with Gasteiger partial charge in [-0.2, -0.15) is 0 Å². The summed E-state index contributed by atoms with van der Waals surface area (Å²) in [6.07, 6.45) is 1.24. The van der Waals surface area contributed by atoms with E-state index >= 15 is 0 Å². The lowest BCUT2D eigenvalue weighted by atomic mass is 10.1. The lowest BCUT2D eigenvalue weighted by Gasteiger charge is -2.26. The van der Waals surface area contributed by atoms with Crippen molar-refractivity contribution in [2.24, 2.45) is 5.92 Å². The maximum absolute atomic E-state index is 11.9. The van der Waals surface area contributed by atoms with Crippen LogP contribution in [-0.2, 0) is 14.6 Å². The van der Waals surface area contributed by atoms with Crippen LogP contribution in [0.4, 0.5) is 0 Å². The van der Waals surface area contributed by atoms with Crippen LogP contribution in [0.3, 0.4) is 0 Å². The zero-order valence-electron chi connectivity index (χ0n) is 11.5. The molecular weight excluding hydrogens is 252 g/mol. The van der Waals surface area contributed by atoms with Crippen LogP contribution in [-0.4, -0.2) is 56.9 Å². The molecule has 1 atom stereocenters.